The maximum atomic E-state index is 6.45. The van der Waals surface area contributed by atoms with Gasteiger partial charge >= 0.3 is 0 Å². The Morgan fingerprint density at radius 2 is 2.22 bits per heavy atom. The van der Waals surface area contributed by atoms with Crippen LogP contribution in [0.2, 0.25) is 0 Å². The third kappa shape index (κ3) is 3.78. The first-order chi connectivity index (χ1) is 11.0. The van der Waals surface area contributed by atoms with E-state index in [1.54, 1.807) is 0 Å². The van der Waals surface area contributed by atoms with Crippen molar-refractivity contribution in [3.8, 4) is 0 Å². The van der Waals surface area contributed by atoms with Gasteiger partial charge in [-0.2, -0.15) is 0 Å². The third-order valence-electron chi connectivity index (χ3n) is 4.53. The van der Waals surface area contributed by atoms with Crippen molar-refractivity contribution in [1.29, 1.82) is 0 Å². The van der Waals surface area contributed by atoms with E-state index in [4.69, 9.17) is 16.3 Å². The molecule has 2 nitrogen and oxygen atoms in total. The Labute approximate surface area is 148 Å². The number of thioether (sulfide) groups is 1. The first kappa shape index (κ1) is 16.9. The highest BCUT2D eigenvalue weighted by molar-refractivity contribution is 8.04. The molecule has 0 aromatic heterocycles. The molecule has 2 atom stereocenters. The molecule has 1 aliphatic heterocycles. The van der Waals surface area contributed by atoms with Gasteiger partial charge in [-0.05, 0) is 46.0 Å². The van der Waals surface area contributed by atoms with Crippen LogP contribution in [-0.4, -0.2) is 30.8 Å². The molecule has 0 fully saturated rings. The van der Waals surface area contributed by atoms with Crippen molar-refractivity contribution in [2.75, 3.05) is 20.6 Å². The van der Waals surface area contributed by atoms with Crippen molar-refractivity contribution in [1.82, 2.24) is 4.90 Å². The molecule has 124 valence electrons. The summed E-state index contributed by atoms with van der Waals surface area (Å²) in [5.41, 5.74) is 1.27. The summed E-state index contributed by atoms with van der Waals surface area (Å²) in [6, 6.07) is 0. The van der Waals surface area contributed by atoms with E-state index < -0.39 is 0 Å². The number of allylic oxidation sites excluding steroid dienone is 6. The smallest absolute Gasteiger partial charge is 0.137 e. The van der Waals surface area contributed by atoms with Crippen LogP contribution in [0, 0.1) is 5.41 Å². The largest absolute Gasteiger partial charge is 0.464 e. The second kappa shape index (κ2) is 6.92. The Bertz CT molecular complexity index is 629. The molecule has 4 heteroatoms. The lowest BCUT2D eigenvalue weighted by Gasteiger charge is -2.36. The average Bonchev–Trinajstić information content (AvgIpc) is 2.67. The van der Waals surface area contributed by atoms with Crippen LogP contribution < -0.4 is 0 Å². The molecule has 0 saturated heterocycles. The van der Waals surface area contributed by atoms with E-state index >= 15 is 0 Å². The minimum Gasteiger partial charge on any atom is -0.464 e. The van der Waals surface area contributed by atoms with Crippen molar-refractivity contribution < 1.29 is 4.74 Å². The average molecular weight is 350 g/mol. The van der Waals surface area contributed by atoms with Crippen molar-refractivity contribution in [3.63, 3.8) is 0 Å². The van der Waals surface area contributed by atoms with Gasteiger partial charge in [0.2, 0.25) is 0 Å². The van der Waals surface area contributed by atoms with Crippen LogP contribution in [0.25, 0.3) is 0 Å². The van der Waals surface area contributed by atoms with E-state index in [0.717, 1.165) is 36.6 Å². The molecule has 3 aliphatic rings. The molecule has 1 heterocycles. The lowest BCUT2D eigenvalue weighted by molar-refractivity contribution is 0.295. The second-order valence-electron chi connectivity index (χ2n) is 6.95. The van der Waals surface area contributed by atoms with Gasteiger partial charge in [-0.15, -0.1) is 11.8 Å². The molecule has 0 N–H and O–H groups in total. The Kier molecular flexibility index (Phi) is 5.10. The molecular formula is C19H24ClNOS. The lowest BCUT2D eigenvalue weighted by Crippen LogP contribution is -2.25. The van der Waals surface area contributed by atoms with Crippen LogP contribution in [0.3, 0.4) is 0 Å². The predicted octanol–water partition coefficient (Wildman–Crippen LogP) is 5.21. The van der Waals surface area contributed by atoms with Crippen molar-refractivity contribution in [3.05, 3.63) is 57.9 Å². The molecule has 2 unspecified atom stereocenters. The van der Waals surface area contributed by atoms with E-state index in [-0.39, 0.29) is 5.41 Å². The number of halogens is 1. The summed E-state index contributed by atoms with van der Waals surface area (Å²) in [6.45, 7) is 3.43. The number of hydrogen-bond acceptors (Lipinski definition) is 3. The number of fused-ring (bicyclic) bond motifs is 1. The first-order valence-corrected chi connectivity index (χ1v) is 9.37. The van der Waals surface area contributed by atoms with E-state index in [0.29, 0.717) is 5.25 Å². The first-order valence-electron chi connectivity index (χ1n) is 8.12. The van der Waals surface area contributed by atoms with E-state index in [2.05, 4.69) is 50.2 Å². The summed E-state index contributed by atoms with van der Waals surface area (Å²) in [5.74, 6) is 0.933. The number of nitrogens with zero attached hydrogens (tertiary/aromatic N) is 1. The molecule has 0 spiro atoms. The summed E-state index contributed by atoms with van der Waals surface area (Å²) in [5, 5.41) is 1.23. The second-order valence-corrected chi connectivity index (χ2v) is 8.58. The summed E-state index contributed by atoms with van der Waals surface area (Å²) in [7, 11) is 4.25. The standard InChI is InChI=1S/C19H24ClNOS/c1-19(9-6-10-21(2)3)12-15(20)11-16-18(19)23-17-8-5-4-7-14(17)13-22-16/h4-5,7-8,11,13,17H,6,9-10,12H2,1-3H3. The highest BCUT2D eigenvalue weighted by Crippen LogP contribution is 2.53. The Morgan fingerprint density at radius 1 is 1.39 bits per heavy atom. The third-order valence-corrected chi connectivity index (χ3v) is 6.39. The van der Waals surface area contributed by atoms with E-state index in [9.17, 15) is 0 Å². The minimum absolute atomic E-state index is 0.0557. The maximum absolute atomic E-state index is 6.45. The molecule has 0 amide bonds. The predicted molar refractivity (Wildman–Crippen MR) is 100 cm³/mol. The van der Waals surface area contributed by atoms with Crippen LogP contribution in [0.15, 0.2) is 57.9 Å². The topological polar surface area (TPSA) is 12.5 Å². The van der Waals surface area contributed by atoms with Gasteiger partial charge in [0.05, 0.1) is 11.5 Å². The normalized spacial score (nSPS) is 29.5. The summed E-state index contributed by atoms with van der Waals surface area (Å²) in [4.78, 5) is 3.58. The van der Waals surface area contributed by atoms with Crippen LogP contribution in [-0.2, 0) is 4.74 Å². The highest BCUT2D eigenvalue weighted by atomic mass is 35.5. The number of hydrogen-bond donors (Lipinski definition) is 0. The summed E-state index contributed by atoms with van der Waals surface area (Å²) < 4.78 is 6.01. The molecule has 0 bridgehead atoms. The molecular weight excluding hydrogens is 326 g/mol. The maximum Gasteiger partial charge on any atom is 0.137 e. The fourth-order valence-corrected chi connectivity index (χ4v) is 5.06. The van der Waals surface area contributed by atoms with Crippen molar-refractivity contribution >= 4 is 23.4 Å². The molecule has 0 aromatic rings. The van der Waals surface area contributed by atoms with Gasteiger partial charge in [0.1, 0.15) is 5.76 Å². The number of ether oxygens (including phenoxy) is 1. The van der Waals surface area contributed by atoms with Gasteiger partial charge < -0.3 is 9.64 Å². The van der Waals surface area contributed by atoms with Crippen molar-refractivity contribution in [2.24, 2.45) is 5.41 Å². The molecule has 2 aliphatic carbocycles. The lowest BCUT2D eigenvalue weighted by atomic mass is 9.78. The zero-order chi connectivity index (χ0) is 16.4. The highest BCUT2D eigenvalue weighted by Gasteiger charge is 2.38. The van der Waals surface area contributed by atoms with Crippen molar-refractivity contribution in [2.45, 2.75) is 31.4 Å². The number of rotatable bonds is 4. The Balaban J connectivity index is 1.86. The van der Waals surface area contributed by atoms with Gasteiger partial charge in [0.25, 0.3) is 0 Å². The molecule has 3 rings (SSSR count). The molecule has 0 aromatic carbocycles. The minimum atomic E-state index is 0.0557. The van der Waals surface area contributed by atoms with E-state index in [1.807, 2.05) is 24.1 Å². The zero-order valence-electron chi connectivity index (χ0n) is 14.0. The van der Waals surface area contributed by atoms with Crippen LogP contribution in [0.4, 0.5) is 0 Å². The quantitative estimate of drug-likeness (QED) is 0.690. The fourth-order valence-electron chi connectivity index (χ4n) is 3.29. The van der Waals surface area contributed by atoms with Gasteiger partial charge in [0.15, 0.2) is 0 Å². The van der Waals surface area contributed by atoms with Gasteiger partial charge in [-0.1, -0.05) is 42.8 Å². The van der Waals surface area contributed by atoms with Crippen LogP contribution in [0.5, 0.6) is 0 Å². The molecule has 0 radical (unpaired) electrons. The zero-order valence-corrected chi connectivity index (χ0v) is 15.6. The van der Waals surface area contributed by atoms with Crippen LogP contribution in [0.1, 0.15) is 26.2 Å². The summed E-state index contributed by atoms with van der Waals surface area (Å²) >= 11 is 8.37. The Morgan fingerprint density at radius 3 is 3.00 bits per heavy atom. The molecule has 23 heavy (non-hydrogen) atoms. The molecule has 0 saturated carbocycles. The summed E-state index contributed by atoms with van der Waals surface area (Å²) in [6.07, 6.45) is 15.6. The Hall–Kier alpha value is -0.900. The fraction of sp³-hybridized carbons (Fsp3) is 0.474. The van der Waals surface area contributed by atoms with Crippen LogP contribution >= 0.6 is 23.4 Å². The van der Waals surface area contributed by atoms with Gasteiger partial charge in [-0.3, -0.25) is 0 Å². The monoisotopic (exact) mass is 349 g/mol. The van der Waals surface area contributed by atoms with Gasteiger partial charge in [0, 0.05) is 20.9 Å². The SMILES string of the molecule is CN(C)CCCC1(C)CC(Cl)=CC2=C1SC1C=CC=CC1=CO2. The van der Waals surface area contributed by atoms with E-state index in [1.165, 1.54) is 10.5 Å². The van der Waals surface area contributed by atoms with Gasteiger partial charge in [-0.25, -0.2) is 0 Å².